The third kappa shape index (κ3) is 4.86. The number of hydrogen-bond donors (Lipinski definition) is 1. The van der Waals surface area contributed by atoms with Crippen molar-refractivity contribution in [3.63, 3.8) is 0 Å². The van der Waals surface area contributed by atoms with E-state index in [1.807, 2.05) is 6.07 Å². The Hall–Kier alpha value is -0.890. The molecule has 0 aliphatic heterocycles. The van der Waals surface area contributed by atoms with Gasteiger partial charge in [0.25, 0.3) is 0 Å². The van der Waals surface area contributed by atoms with Crippen molar-refractivity contribution < 1.29 is 4.39 Å². The van der Waals surface area contributed by atoms with Crippen LogP contribution < -0.4 is 5.32 Å². The molecule has 0 saturated carbocycles. The van der Waals surface area contributed by atoms with Gasteiger partial charge in [0.15, 0.2) is 0 Å². The molecule has 1 N–H and O–H groups in total. The molecule has 0 bridgehead atoms. The van der Waals surface area contributed by atoms with E-state index in [-0.39, 0.29) is 11.9 Å². The van der Waals surface area contributed by atoms with E-state index < -0.39 is 0 Å². The Morgan fingerprint density at radius 1 is 1.24 bits per heavy atom. The first-order chi connectivity index (χ1) is 8.02. The summed E-state index contributed by atoms with van der Waals surface area (Å²) in [6.07, 6.45) is 2.12. The number of benzene rings is 1. The molecule has 1 rings (SSSR count). The van der Waals surface area contributed by atoms with Crippen molar-refractivity contribution in [2.24, 2.45) is 5.92 Å². The summed E-state index contributed by atoms with van der Waals surface area (Å²) in [7, 11) is 0. The first-order valence-electron chi connectivity index (χ1n) is 6.54. The van der Waals surface area contributed by atoms with Crippen molar-refractivity contribution in [3.8, 4) is 0 Å². The van der Waals surface area contributed by atoms with E-state index in [1.54, 1.807) is 12.1 Å². The summed E-state index contributed by atoms with van der Waals surface area (Å²) in [5, 5.41) is 3.57. The molecule has 0 radical (unpaired) electrons. The average molecular weight is 237 g/mol. The first kappa shape index (κ1) is 14.2. The minimum Gasteiger partial charge on any atom is -0.307 e. The monoisotopic (exact) mass is 237 g/mol. The average Bonchev–Trinajstić information content (AvgIpc) is 2.24. The van der Waals surface area contributed by atoms with Gasteiger partial charge < -0.3 is 5.32 Å². The molecule has 2 heteroatoms. The predicted molar refractivity (Wildman–Crippen MR) is 71.5 cm³/mol. The van der Waals surface area contributed by atoms with Gasteiger partial charge in [-0.15, -0.1) is 0 Å². The summed E-state index contributed by atoms with van der Waals surface area (Å²) in [5.41, 5.74) is 1.04. The summed E-state index contributed by atoms with van der Waals surface area (Å²) in [5.74, 6) is 0.529. The van der Waals surface area contributed by atoms with Crippen LogP contribution in [0.1, 0.15) is 52.1 Å². The van der Waals surface area contributed by atoms with Crippen LogP contribution in [0.3, 0.4) is 0 Å². The second kappa shape index (κ2) is 6.75. The lowest BCUT2D eigenvalue weighted by Crippen LogP contribution is -2.31. The summed E-state index contributed by atoms with van der Waals surface area (Å²) in [6.45, 7) is 8.77. The molecule has 1 nitrogen and oxygen atoms in total. The Balaban J connectivity index is 2.65. The van der Waals surface area contributed by atoms with E-state index in [2.05, 4.69) is 33.0 Å². The highest BCUT2D eigenvalue weighted by molar-refractivity contribution is 5.20. The zero-order chi connectivity index (χ0) is 12.8. The van der Waals surface area contributed by atoms with Gasteiger partial charge in [0.2, 0.25) is 0 Å². The van der Waals surface area contributed by atoms with Crippen molar-refractivity contribution in [2.45, 2.75) is 52.6 Å². The third-order valence-electron chi connectivity index (χ3n) is 2.97. The highest BCUT2D eigenvalue weighted by Gasteiger charge is 2.13. The second-order valence-electron chi connectivity index (χ2n) is 5.21. The zero-order valence-corrected chi connectivity index (χ0v) is 11.3. The van der Waals surface area contributed by atoms with Gasteiger partial charge in [-0.25, -0.2) is 4.39 Å². The van der Waals surface area contributed by atoms with E-state index in [0.717, 1.165) is 18.4 Å². The Morgan fingerprint density at radius 2 is 1.94 bits per heavy atom. The third-order valence-corrected chi connectivity index (χ3v) is 2.97. The van der Waals surface area contributed by atoms with E-state index in [4.69, 9.17) is 0 Å². The van der Waals surface area contributed by atoms with Crippen molar-refractivity contribution >= 4 is 0 Å². The number of hydrogen-bond acceptors (Lipinski definition) is 1. The molecule has 17 heavy (non-hydrogen) atoms. The molecular formula is C15H24FN. The minimum atomic E-state index is -0.153. The number of rotatable bonds is 6. The molecule has 0 aliphatic carbocycles. The molecule has 0 saturated heterocycles. The second-order valence-corrected chi connectivity index (χ2v) is 5.21. The van der Waals surface area contributed by atoms with Crippen molar-refractivity contribution in [1.82, 2.24) is 5.32 Å². The molecule has 1 aromatic carbocycles. The van der Waals surface area contributed by atoms with Crippen LogP contribution in [-0.4, -0.2) is 6.04 Å². The normalized spacial score (nSPS) is 14.9. The van der Waals surface area contributed by atoms with Crippen LogP contribution in [0.25, 0.3) is 0 Å². The molecule has 96 valence electrons. The SMILES string of the molecule is CCC(NC(C)CC(C)C)c1cccc(F)c1. The molecule has 2 atom stereocenters. The zero-order valence-electron chi connectivity index (χ0n) is 11.3. The fourth-order valence-corrected chi connectivity index (χ4v) is 2.29. The molecule has 0 aromatic heterocycles. The summed E-state index contributed by atoms with van der Waals surface area (Å²) < 4.78 is 13.2. The Labute approximate surface area is 104 Å². The number of halogens is 1. The highest BCUT2D eigenvalue weighted by atomic mass is 19.1. The van der Waals surface area contributed by atoms with E-state index >= 15 is 0 Å². The maximum Gasteiger partial charge on any atom is 0.123 e. The predicted octanol–water partition coefficient (Wildman–Crippen LogP) is 4.30. The van der Waals surface area contributed by atoms with Gasteiger partial charge in [0.1, 0.15) is 5.82 Å². The summed E-state index contributed by atoms with van der Waals surface area (Å²) >= 11 is 0. The maximum atomic E-state index is 13.2. The van der Waals surface area contributed by atoms with Crippen molar-refractivity contribution in [1.29, 1.82) is 0 Å². The van der Waals surface area contributed by atoms with Gasteiger partial charge in [-0.3, -0.25) is 0 Å². The van der Waals surface area contributed by atoms with E-state index in [1.165, 1.54) is 6.07 Å². The molecule has 1 aromatic rings. The fraction of sp³-hybridized carbons (Fsp3) is 0.600. The van der Waals surface area contributed by atoms with Gasteiger partial charge >= 0.3 is 0 Å². The van der Waals surface area contributed by atoms with Gasteiger partial charge in [0, 0.05) is 12.1 Å². The molecule has 0 spiro atoms. The first-order valence-corrected chi connectivity index (χ1v) is 6.54. The molecule has 0 heterocycles. The molecule has 0 amide bonds. The minimum absolute atomic E-state index is 0.153. The highest BCUT2D eigenvalue weighted by Crippen LogP contribution is 2.19. The van der Waals surface area contributed by atoms with Gasteiger partial charge in [0.05, 0.1) is 0 Å². The van der Waals surface area contributed by atoms with Crippen LogP contribution in [0.2, 0.25) is 0 Å². The topological polar surface area (TPSA) is 12.0 Å². The van der Waals surface area contributed by atoms with E-state index in [0.29, 0.717) is 12.0 Å². The Bertz CT molecular complexity index is 335. The van der Waals surface area contributed by atoms with Crippen LogP contribution in [0.4, 0.5) is 4.39 Å². The van der Waals surface area contributed by atoms with Crippen LogP contribution in [-0.2, 0) is 0 Å². The number of nitrogens with one attached hydrogen (secondary N) is 1. The van der Waals surface area contributed by atoms with Crippen LogP contribution in [0, 0.1) is 11.7 Å². The van der Waals surface area contributed by atoms with Crippen LogP contribution in [0.15, 0.2) is 24.3 Å². The quantitative estimate of drug-likeness (QED) is 0.777. The fourth-order valence-electron chi connectivity index (χ4n) is 2.29. The van der Waals surface area contributed by atoms with Gasteiger partial charge in [-0.05, 0) is 43.4 Å². The van der Waals surface area contributed by atoms with Gasteiger partial charge in [-0.1, -0.05) is 32.9 Å². The van der Waals surface area contributed by atoms with Gasteiger partial charge in [-0.2, -0.15) is 0 Å². The van der Waals surface area contributed by atoms with Crippen molar-refractivity contribution in [2.75, 3.05) is 0 Å². The smallest absolute Gasteiger partial charge is 0.123 e. The lowest BCUT2D eigenvalue weighted by atomic mass is 10.00. The lowest BCUT2D eigenvalue weighted by Gasteiger charge is -2.24. The van der Waals surface area contributed by atoms with E-state index in [9.17, 15) is 4.39 Å². The largest absolute Gasteiger partial charge is 0.307 e. The van der Waals surface area contributed by atoms with Crippen LogP contribution in [0.5, 0.6) is 0 Å². The maximum absolute atomic E-state index is 13.2. The Morgan fingerprint density at radius 3 is 2.47 bits per heavy atom. The lowest BCUT2D eigenvalue weighted by molar-refractivity contribution is 0.387. The summed E-state index contributed by atoms with van der Waals surface area (Å²) in [6, 6.07) is 7.61. The molecule has 0 fully saturated rings. The summed E-state index contributed by atoms with van der Waals surface area (Å²) in [4.78, 5) is 0. The molecular weight excluding hydrogens is 213 g/mol. The molecule has 0 aliphatic rings. The molecule has 2 unspecified atom stereocenters. The standard InChI is InChI=1S/C15H24FN/c1-5-15(17-12(4)9-11(2)3)13-7-6-8-14(16)10-13/h6-8,10-12,15,17H,5,9H2,1-4H3. The van der Waals surface area contributed by atoms with Crippen LogP contribution >= 0.6 is 0 Å². The van der Waals surface area contributed by atoms with Crippen molar-refractivity contribution in [3.05, 3.63) is 35.6 Å². The Kier molecular flexibility index (Phi) is 5.63.